The molecule has 2 aromatic rings. The van der Waals surface area contributed by atoms with E-state index in [1.807, 2.05) is 0 Å². The van der Waals surface area contributed by atoms with Gasteiger partial charge in [0.2, 0.25) is 0 Å². The molecule has 2 aromatic heterocycles. The fourth-order valence-electron chi connectivity index (χ4n) is 7.78. The Morgan fingerprint density at radius 1 is 0.742 bits per heavy atom. The summed E-state index contributed by atoms with van der Waals surface area (Å²) in [6, 6.07) is -0.935. The topological polar surface area (TPSA) is 318 Å². The number of unbranched alkanes of at least 4 members (excludes halogenated alkanes) is 15. The van der Waals surface area contributed by atoms with E-state index >= 15 is 0 Å². The summed E-state index contributed by atoms with van der Waals surface area (Å²) < 4.78 is 67.0. The smallest absolute Gasteiger partial charge is 0.394 e. The minimum atomic E-state index is -4.95. The zero-order chi connectivity index (χ0) is 48.1. The molecule has 374 valence electrons. The third-order valence-corrected chi connectivity index (χ3v) is 13.5. The number of aryl methyl sites for hydroxylation is 2. The van der Waals surface area contributed by atoms with E-state index in [4.69, 9.17) is 37.8 Å². The Balaban J connectivity index is 1.28. The number of nitrogens with one attached hydrogen (secondary N) is 2. The van der Waals surface area contributed by atoms with Crippen molar-refractivity contribution in [2.75, 3.05) is 33.0 Å². The molecular formula is C41H69N7O16P2. The van der Waals surface area contributed by atoms with E-state index in [0.717, 1.165) is 34.8 Å². The van der Waals surface area contributed by atoms with Gasteiger partial charge in [-0.1, -0.05) is 108 Å². The molecule has 5 N–H and O–H groups in total. The number of rotatable bonds is 33. The predicted molar refractivity (Wildman–Crippen MR) is 241 cm³/mol. The molecule has 2 aliphatic heterocycles. The van der Waals surface area contributed by atoms with Crippen LogP contribution in [0.5, 0.6) is 0 Å². The van der Waals surface area contributed by atoms with E-state index in [1.54, 1.807) is 0 Å². The third kappa shape index (κ3) is 18.7. The van der Waals surface area contributed by atoms with Crippen LogP contribution in [0.25, 0.3) is 10.4 Å². The Hall–Kier alpha value is -3.27. The minimum absolute atomic E-state index is 0.0199. The molecule has 2 saturated heterocycles. The second kappa shape index (κ2) is 28.3. The van der Waals surface area contributed by atoms with Gasteiger partial charge in [0.1, 0.15) is 30.8 Å². The zero-order valence-electron chi connectivity index (χ0n) is 38.2. The maximum atomic E-state index is 13.2. The van der Waals surface area contributed by atoms with Crippen molar-refractivity contribution in [2.24, 2.45) is 5.11 Å². The third-order valence-electron chi connectivity index (χ3n) is 11.5. The Bertz CT molecular complexity index is 2180. The quantitative estimate of drug-likeness (QED) is 0.0174. The Kier molecular flexibility index (Phi) is 23.7. The first-order chi connectivity index (χ1) is 31.6. The lowest BCUT2D eigenvalue weighted by Crippen LogP contribution is -2.33. The number of nitrogens with zero attached hydrogens (tertiary/aromatic N) is 5. The molecule has 0 bridgehead atoms. The summed E-state index contributed by atoms with van der Waals surface area (Å²) in [6.45, 7) is 2.76. The maximum Gasteiger partial charge on any atom is 0.472 e. The largest absolute Gasteiger partial charge is 0.472 e. The molecule has 0 spiro atoms. The van der Waals surface area contributed by atoms with Crippen LogP contribution in [0.1, 0.15) is 146 Å². The van der Waals surface area contributed by atoms with Crippen LogP contribution in [0.15, 0.2) is 36.7 Å². The monoisotopic (exact) mass is 977 g/mol. The van der Waals surface area contributed by atoms with E-state index in [-0.39, 0.29) is 30.6 Å². The van der Waals surface area contributed by atoms with E-state index < -0.39 is 107 Å². The van der Waals surface area contributed by atoms with Gasteiger partial charge in [-0.3, -0.25) is 46.8 Å². The van der Waals surface area contributed by atoms with Gasteiger partial charge in [0, 0.05) is 47.9 Å². The average Bonchev–Trinajstić information content (AvgIpc) is 3.87. The Morgan fingerprint density at radius 3 is 1.71 bits per heavy atom. The van der Waals surface area contributed by atoms with Gasteiger partial charge < -0.3 is 29.1 Å². The van der Waals surface area contributed by atoms with Gasteiger partial charge >= 0.3 is 27.0 Å². The van der Waals surface area contributed by atoms with Crippen molar-refractivity contribution in [3.8, 4) is 0 Å². The molecule has 0 aromatic carbocycles. The van der Waals surface area contributed by atoms with Gasteiger partial charge in [-0.15, -0.1) is 0 Å². The molecule has 4 rings (SSSR count). The standard InChI is InChI=1S/C41H69N7O16P2/c1-4-5-6-7-8-9-10-11-12-13-14-15-16-17-18-19-20-58-31(27-60-66(56,57)64-33-22-37(62-34(33)25-49)48-24-30(3)39(51)44-41(48)53)26-59-65(54,55)61-28-35-32(45-46-42)21-36(63-35)47-23-29(2)38(50)43-40(47)52/h23-24,31-37,49H,4-22,25-28H2,1-3H3,(H,54,55)(H,56,57)(H,43,50,52)(H,44,51,53). The predicted octanol–water partition coefficient (Wildman–Crippen LogP) is 6.23. The van der Waals surface area contributed by atoms with Crippen molar-refractivity contribution in [3.63, 3.8) is 0 Å². The first-order valence-corrected chi connectivity index (χ1v) is 26.0. The van der Waals surface area contributed by atoms with Crippen LogP contribution < -0.4 is 22.5 Å². The number of aliphatic hydroxyl groups excluding tert-OH is 1. The minimum Gasteiger partial charge on any atom is -0.394 e. The van der Waals surface area contributed by atoms with Crippen LogP contribution in [-0.4, -0.2) is 97.5 Å². The molecule has 0 saturated carbocycles. The van der Waals surface area contributed by atoms with Crippen molar-refractivity contribution in [3.05, 3.63) is 75.6 Å². The van der Waals surface area contributed by atoms with Gasteiger partial charge in [0.05, 0.1) is 38.6 Å². The number of hydrogen-bond acceptors (Lipinski definition) is 15. The van der Waals surface area contributed by atoms with Gasteiger partial charge in [-0.25, -0.2) is 18.7 Å². The first kappa shape index (κ1) is 55.3. The number of aromatic nitrogens is 4. The molecule has 9 atom stereocenters. The molecule has 25 heteroatoms. The number of ether oxygens (including phenoxy) is 3. The van der Waals surface area contributed by atoms with Crippen molar-refractivity contribution < 1.29 is 56.3 Å². The molecule has 0 radical (unpaired) electrons. The Labute approximate surface area is 383 Å². The second-order valence-electron chi connectivity index (χ2n) is 16.9. The zero-order valence-corrected chi connectivity index (χ0v) is 40.0. The number of phosphoric acid groups is 2. The highest BCUT2D eigenvalue weighted by molar-refractivity contribution is 7.47. The number of H-pyrrole nitrogens is 2. The highest BCUT2D eigenvalue weighted by Crippen LogP contribution is 2.49. The molecule has 23 nitrogen and oxygen atoms in total. The van der Waals surface area contributed by atoms with Crippen LogP contribution >= 0.6 is 15.6 Å². The lowest BCUT2D eigenvalue weighted by molar-refractivity contribution is -0.0522. The van der Waals surface area contributed by atoms with Gasteiger partial charge in [-0.05, 0) is 25.8 Å². The van der Waals surface area contributed by atoms with Gasteiger partial charge in [-0.2, -0.15) is 0 Å². The summed E-state index contributed by atoms with van der Waals surface area (Å²) in [4.78, 5) is 77.2. The molecule has 2 fully saturated rings. The van der Waals surface area contributed by atoms with Crippen molar-refractivity contribution in [1.29, 1.82) is 0 Å². The molecule has 0 aliphatic carbocycles. The van der Waals surface area contributed by atoms with Gasteiger partial charge in [0.25, 0.3) is 11.1 Å². The molecule has 0 amide bonds. The van der Waals surface area contributed by atoms with E-state index in [9.17, 15) is 43.2 Å². The van der Waals surface area contributed by atoms with Crippen LogP contribution in [0.4, 0.5) is 0 Å². The maximum absolute atomic E-state index is 13.2. The highest BCUT2D eigenvalue weighted by atomic mass is 31.2. The van der Waals surface area contributed by atoms with Crippen molar-refractivity contribution >= 4 is 15.6 Å². The van der Waals surface area contributed by atoms with Crippen LogP contribution in [0.2, 0.25) is 0 Å². The molecule has 4 heterocycles. The van der Waals surface area contributed by atoms with Crippen molar-refractivity contribution in [1.82, 2.24) is 19.1 Å². The van der Waals surface area contributed by atoms with Gasteiger partial charge in [0.15, 0.2) is 0 Å². The fraction of sp³-hybridized carbons (Fsp3) is 0.805. The molecule has 9 unspecified atom stereocenters. The average molecular weight is 978 g/mol. The van der Waals surface area contributed by atoms with E-state index in [1.165, 1.54) is 96.9 Å². The lowest BCUT2D eigenvalue weighted by Gasteiger charge is -2.23. The summed E-state index contributed by atoms with van der Waals surface area (Å²) in [6.07, 6.45) is 14.4. The number of aliphatic hydroxyl groups is 1. The van der Waals surface area contributed by atoms with E-state index in [2.05, 4.69) is 26.9 Å². The summed E-state index contributed by atoms with van der Waals surface area (Å²) in [7, 11) is -9.86. The summed E-state index contributed by atoms with van der Waals surface area (Å²) in [5, 5.41) is 13.6. The van der Waals surface area contributed by atoms with Crippen LogP contribution in [0, 0.1) is 13.8 Å². The first-order valence-electron chi connectivity index (χ1n) is 23.1. The SMILES string of the molecule is CCCCCCCCCCCCCCCCCCOC(COP(=O)(O)OCC1OC(n2cc(C)c(=O)[nH]c2=O)CC1N=[N+]=[N-])COP(=O)(O)OC1CC(n2cc(C)c(=O)[nH]c2=O)OC1CO. The highest BCUT2D eigenvalue weighted by Gasteiger charge is 2.42. The number of phosphoric ester groups is 2. The molecule has 2 aliphatic rings. The summed E-state index contributed by atoms with van der Waals surface area (Å²) >= 11 is 0. The molecular weight excluding hydrogens is 908 g/mol. The van der Waals surface area contributed by atoms with Crippen molar-refractivity contribution in [2.45, 2.75) is 179 Å². The number of aromatic amines is 2. The summed E-state index contributed by atoms with van der Waals surface area (Å²) in [5.41, 5.74) is 6.81. The number of azide groups is 1. The second-order valence-corrected chi connectivity index (χ2v) is 19.8. The van der Waals surface area contributed by atoms with E-state index in [0.29, 0.717) is 6.42 Å². The Morgan fingerprint density at radius 2 is 1.21 bits per heavy atom. The van der Waals surface area contributed by atoms with Crippen LogP contribution in [-0.2, 0) is 41.4 Å². The summed E-state index contributed by atoms with van der Waals surface area (Å²) in [5.74, 6) is 0. The molecule has 66 heavy (non-hydrogen) atoms. The fourth-order valence-corrected chi connectivity index (χ4v) is 9.52. The normalized spacial score (nSPS) is 23.1. The van der Waals surface area contributed by atoms with Crippen LogP contribution in [0.3, 0.4) is 0 Å². The number of hydrogen-bond donors (Lipinski definition) is 5. The lowest BCUT2D eigenvalue weighted by atomic mass is 10.0.